The van der Waals surface area contributed by atoms with Gasteiger partial charge in [-0.25, -0.2) is 9.97 Å². The number of hydrogen-bond acceptors (Lipinski definition) is 3. The smallest absolute Gasteiger partial charge is 0.245 e. The Morgan fingerprint density at radius 2 is 2.09 bits per heavy atom. The number of allylic oxidation sites excluding steroid dienone is 2. The lowest BCUT2D eigenvalue weighted by Gasteiger charge is -2.09. The van der Waals surface area contributed by atoms with Gasteiger partial charge in [-0.1, -0.05) is 6.58 Å². The van der Waals surface area contributed by atoms with Crippen molar-refractivity contribution < 1.29 is 4.74 Å². The minimum Gasteiger partial charge on any atom is -0.445 e. The molecule has 0 unspecified atom stereocenters. The summed E-state index contributed by atoms with van der Waals surface area (Å²) in [6, 6.07) is 0. The minimum absolute atomic E-state index is 0.528. The van der Waals surface area contributed by atoms with Crippen molar-refractivity contribution >= 4 is 5.57 Å². The van der Waals surface area contributed by atoms with Gasteiger partial charge in [-0.2, -0.15) is 0 Å². The quantitative estimate of drug-likeness (QED) is 0.554. The van der Waals surface area contributed by atoms with E-state index in [1.54, 1.807) is 24.7 Å². The third-order valence-electron chi connectivity index (χ3n) is 1.42. The monoisotopic (exact) mass is 146 g/mol. The third-order valence-corrected chi connectivity index (χ3v) is 1.42. The average Bonchev–Trinajstić information content (AvgIpc) is 2.06. The fourth-order valence-corrected chi connectivity index (χ4v) is 0.891. The first-order valence-corrected chi connectivity index (χ1v) is 3.21. The highest BCUT2D eigenvalue weighted by Gasteiger charge is 2.10. The van der Waals surface area contributed by atoms with Gasteiger partial charge in [0.15, 0.2) is 0 Å². The van der Waals surface area contributed by atoms with E-state index in [-0.39, 0.29) is 0 Å². The summed E-state index contributed by atoms with van der Waals surface area (Å²) in [5.74, 6) is 0.528. The van der Waals surface area contributed by atoms with Crippen molar-refractivity contribution in [2.24, 2.45) is 0 Å². The van der Waals surface area contributed by atoms with Crippen LogP contribution in [0.3, 0.4) is 0 Å². The van der Waals surface area contributed by atoms with Gasteiger partial charge in [-0.3, -0.25) is 0 Å². The first-order valence-electron chi connectivity index (χ1n) is 3.21. The van der Waals surface area contributed by atoms with E-state index in [4.69, 9.17) is 4.74 Å². The van der Waals surface area contributed by atoms with Crippen LogP contribution in [0.15, 0.2) is 31.3 Å². The molecule has 1 aliphatic heterocycles. The molecule has 1 aliphatic rings. The van der Waals surface area contributed by atoms with Gasteiger partial charge in [0.25, 0.3) is 0 Å². The van der Waals surface area contributed by atoms with Crippen molar-refractivity contribution in [1.29, 1.82) is 0 Å². The number of rotatable bonds is 0. The van der Waals surface area contributed by atoms with Crippen LogP contribution in [0.2, 0.25) is 0 Å². The predicted octanol–water partition coefficient (Wildman–Crippen LogP) is 1.40. The molecule has 0 atom stereocenters. The Morgan fingerprint density at radius 1 is 1.27 bits per heavy atom. The zero-order chi connectivity index (χ0) is 7.68. The second kappa shape index (κ2) is 2.20. The van der Waals surface area contributed by atoms with Crippen LogP contribution in [0.4, 0.5) is 0 Å². The van der Waals surface area contributed by atoms with Gasteiger partial charge < -0.3 is 4.74 Å². The SMILES string of the molecule is C=C1C=COc2nccnc21. The zero-order valence-electron chi connectivity index (χ0n) is 5.82. The number of nitrogens with zero attached hydrogens (tertiary/aromatic N) is 2. The van der Waals surface area contributed by atoms with E-state index in [2.05, 4.69) is 16.5 Å². The molecule has 0 saturated carbocycles. The van der Waals surface area contributed by atoms with Gasteiger partial charge in [0.05, 0.1) is 6.26 Å². The Labute approximate surface area is 64.1 Å². The predicted molar refractivity (Wildman–Crippen MR) is 40.8 cm³/mol. The van der Waals surface area contributed by atoms with Crippen molar-refractivity contribution in [3.05, 3.63) is 37.0 Å². The fraction of sp³-hybridized carbons (Fsp3) is 0. The molecule has 0 bridgehead atoms. The van der Waals surface area contributed by atoms with Gasteiger partial charge in [-0.15, -0.1) is 0 Å². The molecule has 0 aromatic carbocycles. The molecule has 1 aromatic heterocycles. The van der Waals surface area contributed by atoms with Crippen LogP contribution in [0.5, 0.6) is 5.88 Å². The first-order chi connectivity index (χ1) is 5.38. The highest BCUT2D eigenvalue weighted by molar-refractivity contribution is 5.73. The Kier molecular flexibility index (Phi) is 1.22. The average molecular weight is 146 g/mol. The summed E-state index contributed by atoms with van der Waals surface area (Å²) in [6.07, 6.45) is 6.52. The maximum absolute atomic E-state index is 5.08. The summed E-state index contributed by atoms with van der Waals surface area (Å²) in [7, 11) is 0. The molecule has 2 rings (SSSR count). The number of hydrogen-bond donors (Lipinski definition) is 0. The summed E-state index contributed by atoms with van der Waals surface area (Å²) in [5.41, 5.74) is 1.55. The Bertz CT molecular complexity index is 331. The van der Waals surface area contributed by atoms with Gasteiger partial charge in [0, 0.05) is 18.0 Å². The third kappa shape index (κ3) is 0.902. The maximum atomic E-state index is 5.08. The fourth-order valence-electron chi connectivity index (χ4n) is 0.891. The normalized spacial score (nSPS) is 14.0. The summed E-state index contributed by atoms with van der Waals surface area (Å²) in [5, 5.41) is 0. The second-order valence-electron chi connectivity index (χ2n) is 2.16. The summed E-state index contributed by atoms with van der Waals surface area (Å²) >= 11 is 0. The van der Waals surface area contributed by atoms with Crippen molar-refractivity contribution in [1.82, 2.24) is 9.97 Å². The lowest BCUT2D eigenvalue weighted by atomic mass is 10.2. The molecule has 11 heavy (non-hydrogen) atoms. The molecular weight excluding hydrogens is 140 g/mol. The highest BCUT2D eigenvalue weighted by atomic mass is 16.5. The van der Waals surface area contributed by atoms with Crippen molar-refractivity contribution in [2.75, 3.05) is 0 Å². The molecule has 0 radical (unpaired) electrons. The molecule has 1 aromatic rings. The van der Waals surface area contributed by atoms with E-state index in [0.717, 1.165) is 11.3 Å². The van der Waals surface area contributed by atoms with Crippen LogP contribution < -0.4 is 4.74 Å². The maximum Gasteiger partial charge on any atom is 0.245 e. The summed E-state index contributed by atoms with van der Waals surface area (Å²) in [4.78, 5) is 8.03. The lowest BCUT2D eigenvalue weighted by molar-refractivity contribution is 0.452. The Hall–Kier alpha value is -1.64. The van der Waals surface area contributed by atoms with Gasteiger partial charge >= 0.3 is 0 Å². The highest BCUT2D eigenvalue weighted by Crippen LogP contribution is 2.24. The topological polar surface area (TPSA) is 35.0 Å². The van der Waals surface area contributed by atoms with E-state index in [9.17, 15) is 0 Å². The Morgan fingerprint density at radius 3 is 2.91 bits per heavy atom. The van der Waals surface area contributed by atoms with Crippen molar-refractivity contribution in [3.8, 4) is 5.88 Å². The molecule has 0 saturated heterocycles. The molecule has 3 heteroatoms. The molecule has 0 N–H and O–H groups in total. The largest absolute Gasteiger partial charge is 0.445 e. The second-order valence-corrected chi connectivity index (χ2v) is 2.16. The van der Waals surface area contributed by atoms with Crippen LogP contribution in [-0.2, 0) is 0 Å². The lowest BCUT2D eigenvalue weighted by Crippen LogP contribution is -1.99. The van der Waals surface area contributed by atoms with Crippen molar-refractivity contribution in [2.45, 2.75) is 0 Å². The zero-order valence-corrected chi connectivity index (χ0v) is 5.82. The van der Waals surface area contributed by atoms with Gasteiger partial charge in [0.2, 0.25) is 5.88 Å². The summed E-state index contributed by atoms with van der Waals surface area (Å²) < 4.78 is 5.08. The van der Waals surface area contributed by atoms with Crippen LogP contribution >= 0.6 is 0 Å². The Balaban J connectivity index is 2.59. The van der Waals surface area contributed by atoms with E-state index in [1.807, 2.05) is 0 Å². The molecule has 0 spiro atoms. The standard InChI is InChI=1S/C8H6N2O/c1-6-2-5-11-8-7(6)9-3-4-10-8/h2-5H,1H2. The summed E-state index contributed by atoms with van der Waals surface area (Å²) in [6.45, 7) is 3.79. The number of aromatic nitrogens is 2. The van der Waals surface area contributed by atoms with E-state index in [1.165, 1.54) is 0 Å². The molecule has 0 amide bonds. The van der Waals surface area contributed by atoms with Gasteiger partial charge in [-0.05, 0) is 6.08 Å². The molecule has 54 valence electrons. The minimum atomic E-state index is 0.528. The molecular formula is C8H6N2O. The van der Waals surface area contributed by atoms with Gasteiger partial charge in [0.1, 0.15) is 5.69 Å². The van der Waals surface area contributed by atoms with E-state index >= 15 is 0 Å². The number of ether oxygens (including phenoxy) is 1. The first kappa shape index (κ1) is 6.09. The molecule has 0 aliphatic carbocycles. The van der Waals surface area contributed by atoms with Crippen LogP contribution in [-0.4, -0.2) is 9.97 Å². The van der Waals surface area contributed by atoms with Crippen LogP contribution in [0, 0.1) is 0 Å². The molecule has 3 nitrogen and oxygen atoms in total. The van der Waals surface area contributed by atoms with E-state index < -0.39 is 0 Å². The van der Waals surface area contributed by atoms with Crippen molar-refractivity contribution in [3.63, 3.8) is 0 Å². The van der Waals surface area contributed by atoms with Crippen LogP contribution in [0.25, 0.3) is 5.57 Å². The molecule has 2 heterocycles. The number of fused-ring (bicyclic) bond motifs is 1. The van der Waals surface area contributed by atoms with Crippen LogP contribution in [0.1, 0.15) is 5.69 Å². The molecule has 0 fully saturated rings. The van der Waals surface area contributed by atoms with E-state index in [0.29, 0.717) is 5.88 Å².